The van der Waals surface area contributed by atoms with Crippen molar-refractivity contribution in [2.75, 3.05) is 13.1 Å². The van der Waals surface area contributed by atoms with Crippen molar-refractivity contribution in [1.82, 2.24) is 30.0 Å². The lowest BCUT2D eigenvalue weighted by Gasteiger charge is -2.31. The van der Waals surface area contributed by atoms with E-state index in [0.29, 0.717) is 11.5 Å². The lowest BCUT2D eigenvalue weighted by atomic mass is 10.00. The van der Waals surface area contributed by atoms with Gasteiger partial charge in [-0.15, -0.1) is 10.2 Å². The number of fused-ring (bicyclic) bond motifs is 1. The van der Waals surface area contributed by atoms with Crippen LogP contribution in [0.4, 0.5) is 0 Å². The smallest absolute Gasteiger partial charge is 0.270 e. The SMILES string of the molecule is C[C@H](CN1CCc2ccccc2C1)NC(=O)c1cccc(-n2cnnc2)n1. The molecule has 27 heavy (non-hydrogen) atoms. The maximum absolute atomic E-state index is 12.6. The predicted molar refractivity (Wildman–Crippen MR) is 102 cm³/mol. The van der Waals surface area contributed by atoms with E-state index in [0.717, 1.165) is 26.1 Å². The Balaban J connectivity index is 1.37. The van der Waals surface area contributed by atoms with Crippen molar-refractivity contribution in [2.24, 2.45) is 0 Å². The Morgan fingerprint density at radius 1 is 1.11 bits per heavy atom. The molecule has 1 aliphatic heterocycles. The molecule has 0 spiro atoms. The molecule has 7 heteroatoms. The Morgan fingerprint density at radius 2 is 1.89 bits per heavy atom. The van der Waals surface area contributed by atoms with Crippen LogP contribution < -0.4 is 5.32 Å². The molecule has 3 aromatic rings. The Bertz CT molecular complexity index is 924. The van der Waals surface area contributed by atoms with Crippen LogP contribution >= 0.6 is 0 Å². The Hall–Kier alpha value is -3.06. The van der Waals surface area contributed by atoms with E-state index in [1.165, 1.54) is 11.1 Å². The van der Waals surface area contributed by atoms with E-state index in [2.05, 4.69) is 49.7 Å². The first-order valence-corrected chi connectivity index (χ1v) is 9.11. The summed E-state index contributed by atoms with van der Waals surface area (Å²) in [6.07, 6.45) is 4.17. The minimum absolute atomic E-state index is 0.0307. The standard InChI is InChI=1S/C20H22N6O/c1-15(11-25-10-9-16-5-2-3-6-17(16)12-25)23-20(27)18-7-4-8-19(24-18)26-13-21-22-14-26/h2-8,13-15H,9-12H2,1H3,(H,23,27)/t15-/m1/s1. The van der Waals surface area contributed by atoms with Crippen molar-refractivity contribution in [3.8, 4) is 5.82 Å². The van der Waals surface area contributed by atoms with Gasteiger partial charge in [-0.05, 0) is 36.6 Å². The number of amides is 1. The molecule has 0 saturated heterocycles. The van der Waals surface area contributed by atoms with Crippen LogP contribution in [0.5, 0.6) is 0 Å². The summed E-state index contributed by atoms with van der Waals surface area (Å²) >= 11 is 0. The van der Waals surface area contributed by atoms with Crippen LogP contribution in [-0.4, -0.2) is 49.7 Å². The van der Waals surface area contributed by atoms with Crippen LogP contribution in [0.2, 0.25) is 0 Å². The summed E-state index contributed by atoms with van der Waals surface area (Å²) in [5.74, 6) is 0.447. The number of pyridine rings is 1. The zero-order valence-electron chi connectivity index (χ0n) is 15.2. The van der Waals surface area contributed by atoms with Crippen LogP contribution in [0.25, 0.3) is 5.82 Å². The van der Waals surface area contributed by atoms with Crippen LogP contribution in [0, 0.1) is 0 Å². The molecule has 1 aromatic carbocycles. The predicted octanol–water partition coefficient (Wildman–Crippen LogP) is 1.84. The number of carbonyl (C=O) groups excluding carboxylic acids is 1. The van der Waals surface area contributed by atoms with E-state index in [4.69, 9.17) is 0 Å². The third-order valence-electron chi connectivity index (χ3n) is 4.77. The monoisotopic (exact) mass is 362 g/mol. The molecular formula is C20H22N6O. The van der Waals surface area contributed by atoms with Crippen molar-refractivity contribution in [1.29, 1.82) is 0 Å². The first kappa shape index (κ1) is 17.4. The van der Waals surface area contributed by atoms with Crippen LogP contribution in [0.15, 0.2) is 55.1 Å². The number of nitrogens with zero attached hydrogens (tertiary/aromatic N) is 5. The molecule has 0 bridgehead atoms. The maximum atomic E-state index is 12.6. The molecule has 1 N–H and O–H groups in total. The van der Waals surface area contributed by atoms with Gasteiger partial charge in [0.15, 0.2) is 0 Å². The van der Waals surface area contributed by atoms with Crippen molar-refractivity contribution in [3.05, 3.63) is 71.9 Å². The van der Waals surface area contributed by atoms with E-state index in [1.54, 1.807) is 23.3 Å². The molecule has 3 heterocycles. The normalized spacial score (nSPS) is 15.1. The van der Waals surface area contributed by atoms with Crippen LogP contribution in [0.1, 0.15) is 28.5 Å². The van der Waals surface area contributed by atoms with Crippen molar-refractivity contribution in [2.45, 2.75) is 25.9 Å². The minimum Gasteiger partial charge on any atom is -0.347 e. The van der Waals surface area contributed by atoms with Gasteiger partial charge >= 0.3 is 0 Å². The van der Waals surface area contributed by atoms with Crippen LogP contribution in [0.3, 0.4) is 0 Å². The summed E-state index contributed by atoms with van der Waals surface area (Å²) in [5.41, 5.74) is 3.20. The van der Waals surface area contributed by atoms with Gasteiger partial charge in [-0.25, -0.2) is 4.98 Å². The first-order valence-electron chi connectivity index (χ1n) is 9.11. The second-order valence-corrected chi connectivity index (χ2v) is 6.88. The second-order valence-electron chi connectivity index (χ2n) is 6.88. The molecule has 0 radical (unpaired) electrons. The zero-order chi connectivity index (χ0) is 18.6. The highest BCUT2D eigenvalue weighted by Gasteiger charge is 2.19. The number of hydrogen-bond donors (Lipinski definition) is 1. The Morgan fingerprint density at radius 3 is 2.70 bits per heavy atom. The van der Waals surface area contributed by atoms with Gasteiger partial charge in [0.1, 0.15) is 24.2 Å². The fourth-order valence-corrected chi connectivity index (χ4v) is 3.45. The molecule has 2 aromatic heterocycles. The van der Waals surface area contributed by atoms with Gasteiger partial charge in [0, 0.05) is 25.7 Å². The second kappa shape index (κ2) is 7.67. The van der Waals surface area contributed by atoms with Crippen LogP contribution in [-0.2, 0) is 13.0 Å². The van der Waals surface area contributed by atoms with E-state index >= 15 is 0 Å². The zero-order valence-corrected chi connectivity index (χ0v) is 15.2. The molecule has 0 fully saturated rings. The van der Waals surface area contributed by atoms with Gasteiger partial charge in [-0.3, -0.25) is 14.3 Å². The summed E-state index contributed by atoms with van der Waals surface area (Å²) in [4.78, 5) is 19.4. The highest BCUT2D eigenvalue weighted by atomic mass is 16.1. The third-order valence-corrected chi connectivity index (χ3v) is 4.77. The summed E-state index contributed by atoms with van der Waals surface area (Å²) in [6, 6.07) is 13.9. The topological polar surface area (TPSA) is 75.9 Å². The molecular weight excluding hydrogens is 340 g/mol. The third kappa shape index (κ3) is 4.03. The average Bonchev–Trinajstić information content (AvgIpc) is 3.23. The van der Waals surface area contributed by atoms with Gasteiger partial charge in [-0.1, -0.05) is 30.3 Å². The summed E-state index contributed by atoms with van der Waals surface area (Å²) in [5, 5.41) is 10.6. The molecule has 0 unspecified atom stereocenters. The molecule has 4 rings (SSSR count). The summed E-state index contributed by atoms with van der Waals surface area (Å²) < 4.78 is 1.67. The van der Waals surface area contributed by atoms with Gasteiger partial charge in [0.05, 0.1) is 0 Å². The van der Waals surface area contributed by atoms with Gasteiger partial charge < -0.3 is 5.32 Å². The summed E-state index contributed by atoms with van der Waals surface area (Å²) in [6.45, 7) is 4.78. The number of nitrogens with one attached hydrogen (secondary N) is 1. The number of carbonyl (C=O) groups is 1. The molecule has 138 valence electrons. The molecule has 1 aliphatic rings. The fourth-order valence-electron chi connectivity index (χ4n) is 3.45. The van der Waals surface area contributed by atoms with E-state index < -0.39 is 0 Å². The number of rotatable bonds is 5. The van der Waals surface area contributed by atoms with E-state index in [-0.39, 0.29) is 11.9 Å². The van der Waals surface area contributed by atoms with E-state index in [9.17, 15) is 4.79 Å². The van der Waals surface area contributed by atoms with Gasteiger partial charge in [0.2, 0.25) is 0 Å². The van der Waals surface area contributed by atoms with Crippen molar-refractivity contribution in [3.63, 3.8) is 0 Å². The minimum atomic E-state index is -0.171. The fraction of sp³-hybridized carbons (Fsp3) is 0.300. The molecule has 0 aliphatic carbocycles. The van der Waals surface area contributed by atoms with Crippen molar-refractivity contribution >= 4 is 5.91 Å². The lowest BCUT2D eigenvalue weighted by Crippen LogP contribution is -2.43. The molecule has 7 nitrogen and oxygen atoms in total. The average molecular weight is 362 g/mol. The molecule has 0 saturated carbocycles. The highest BCUT2D eigenvalue weighted by molar-refractivity contribution is 5.92. The quantitative estimate of drug-likeness (QED) is 0.749. The first-order chi connectivity index (χ1) is 13.2. The largest absolute Gasteiger partial charge is 0.347 e. The Kier molecular flexibility index (Phi) is 4.93. The number of aromatic nitrogens is 4. The number of hydrogen-bond acceptors (Lipinski definition) is 5. The van der Waals surface area contributed by atoms with E-state index in [1.807, 2.05) is 19.1 Å². The number of benzene rings is 1. The highest BCUT2D eigenvalue weighted by Crippen LogP contribution is 2.18. The van der Waals surface area contributed by atoms with Crippen molar-refractivity contribution < 1.29 is 4.79 Å². The maximum Gasteiger partial charge on any atom is 0.270 e. The molecule has 1 atom stereocenters. The lowest BCUT2D eigenvalue weighted by molar-refractivity contribution is 0.0922. The summed E-state index contributed by atoms with van der Waals surface area (Å²) in [7, 11) is 0. The Labute approximate surface area is 158 Å². The van der Waals surface area contributed by atoms with Gasteiger partial charge in [-0.2, -0.15) is 0 Å². The van der Waals surface area contributed by atoms with Gasteiger partial charge in [0.25, 0.3) is 5.91 Å². The molecule has 1 amide bonds.